The molecule has 1 aliphatic heterocycles. The molecule has 0 aliphatic carbocycles. The predicted octanol–water partition coefficient (Wildman–Crippen LogP) is 3.52. The number of sulfonamides is 1. The lowest BCUT2D eigenvalue weighted by Gasteiger charge is -2.33. The van der Waals surface area contributed by atoms with Crippen molar-refractivity contribution in [2.24, 2.45) is 0 Å². The number of para-hydroxylation sites is 1. The molecule has 3 aromatic rings. The number of carbonyl (C=O) groups excluding carboxylic acids is 1. The Balaban J connectivity index is 1.53. The molecule has 1 aromatic heterocycles. The van der Waals surface area contributed by atoms with Crippen LogP contribution in [0.4, 0.5) is 0 Å². The monoisotopic (exact) mass is 410 g/mol. The highest BCUT2D eigenvalue weighted by Gasteiger charge is 2.38. The van der Waals surface area contributed by atoms with Crippen LogP contribution in [0.3, 0.4) is 0 Å². The summed E-state index contributed by atoms with van der Waals surface area (Å²) in [6.45, 7) is 0.371. The van der Waals surface area contributed by atoms with Gasteiger partial charge >= 0.3 is 5.97 Å². The van der Waals surface area contributed by atoms with Crippen LogP contribution in [0.5, 0.6) is 0 Å². The van der Waals surface area contributed by atoms with E-state index in [1.54, 1.807) is 36.5 Å². The molecule has 1 atom stereocenters. The number of hydrogen-bond donors (Lipinski definition) is 0. The van der Waals surface area contributed by atoms with Crippen LogP contribution in [0.2, 0.25) is 0 Å². The van der Waals surface area contributed by atoms with Crippen LogP contribution in [-0.4, -0.2) is 36.3 Å². The smallest absolute Gasteiger partial charge is 0.324 e. The zero-order valence-corrected chi connectivity index (χ0v) is 16.7. The lowest BCUT2D eigenvalue weighted by Crippen LogP contribution is -2.48. The third-order valence-electron chi connectivity index (χ3n) is 5.16. The number of benzene rings is 2. The zero-order chi connectivity index (χ0) is 20.3. The average molecular weight is 410 g/mol. The van der Waals surface area contributed by atoms with E-state index in [1.807, 2.05) is 30.3 Å². The third kappa shape index (κ3) is 4.02. The van der Waals surface area contributed by atoms with E-state index in [2.05, 4.69) is 4.98 Å². The second-order valence-electron chi connectivity index (χ2n) is 7.04. The molecule has 0 radical (unpaired) electrons. The van der Waals surface area contributed by atoms with Crippen LogP contribution >= 0.6 is 0 Å². The minimum absolute atomic E-state index is 0.0584. The summed E-state index contributed by atoms with van der Waals surface area (Å²) in [4.78, 5) is 17.4. The summed E-state index contributed by atoms with van der Waals surface area (Å²) >= 11 is 0. The quantitative estimate of drug-likeness (QED) is 0.602. The number of esters is 1. The third-order valence-corrected chi connectivity index (χ3v) is 7.08. The number of piperidine rings is 1. The second kappa shape index (κ2) is 8.31. The second-order valence-corrected chi connectivity index (χ2v) is 8.93. The molecular formula is C22H22N2O4S. The maximum Gasteiger partial charge on any atom is 0.324 e. The first-order valence-electron chi connectivity index (χ1n) is 9.63. The Morgan fingerprint density at radius 1 is 1.03 bits per heavy atom. The number of fused-ring (bicyclic) bond motifs is 1. The van der Waals surface area contributed by atoms with E-state index >= 15 is 0 Å². The molecule has 7 heteroatoms. The Kier molecular flexibility index (Phi) is 5.60. The summed E-state index contributed by atoms with van der Waals surface area (Å²) in [6.07, 6.45) is 3.67. The SMILES string of the molecule is O=C(OCc1cccc2cccnc12)C1CCCCN1S(=O)(=O)c1ccccc1. The number of hydrogen-bond acceptors (Lipinski definition) is 5. The topological polar surface area (TPSA) is 76.6 Å². The van der Waals surface area contributed by atoms with Gasteiger partial charge in [-0.05, 0) is 37.5 Å². The van der Waals surface area contributed by atoms with Gasteiger partial charge in [0.25, 0.3) is 0 Å². The standard InChI is InChI=1S/C22H22N2O4S/c25-22(28-16-18-9-6-8-17-10-7-14-23-21(17)18)20-13-4-5-15-24(20)29(26,27)19-11-2-1-3-12-19/h1-3,6-12,14,20H,4-5,13,15-16H2. The highest BCUT2D eigenvalue weighted by Crippen LogP contribution is 2.26. The number of rotatable bonds is 5. The van der Waals surface area contributed by atoms with Gasteiger partial charge in [-0.25, -0.2) is 8.42 Å². The van der Waals surface area contributed by atoms with Gasteiger partial charge in [-0.15, -0.1) is 0 Å². The Morgan fingerprint density at radius 2 is 1.83 bits per heavy atom. The van der Waals surface area contributed by atoms with Crippen LogP contribution < -0.4 is 0 Å². The van der Waals surface area contributed by atoms with E-state index < -0.39 is 22.0 Å². The van der Waals surface area contributed by atoms with Gasteiger partial charge in [-0.3, -0.25) is 9.78 Å². The van der Waals surface area contributed by atoms with Gasteiger partial charge in [-0.2, -0.15) is 4.31 Å². The molecule has 0 bridgehead atoms. The van der Waals surface area contributed by atoms with Gasteiger partial charge in [0.1, 0.15) is 12.6 Å². The summed E-state index contributed by atoms with van der Waals surface area (Å²) < 4.78 is 33.0. The number of aromatic nitrogens is 1. The first-order chi connectivity index (χ1) is 14.1. The fourth-order valence-electron chi connectivity index (χ4n) is 3.69. The predicted molar refractivity (Wildman–Crippen MR) is 110 cm³/mol. The Bertz CT molecular complexity index is 1110. The molecule has 6 nitrogen and oxygen atoms in total. The normalized spacial score (nSPS) is 17.9. The van der Waals surface area contributed by atoms with Gasteiger partial charge in [0.15, 0.2) is 0 Å². The van der Waals surface area contributed by atoms with Crippen molar-refractivity contribution in [3.63, 3.8) is 0 Å². The minimum Gasteiger partial charge on any atom is -0.460 e. The van der Waals surface area contributed by atoms with Crippen molar-refractivity contribution in [3.05, 3.63) is 72.4 Å². The molecule has 1 fully saturated rings. The van der Waals surface area contributed by atoms with Crippen LogP contribution in [0.1, 0.15) is 24.8 Å². The summed E-state index contributed by atoms with van der Waals surface area (Å²) in [5.74, 6) is -0.517. The van der Waals surface area contributed by atoms with Crippen molar-refractivity contribution in [2.45, 2.75) is 36.8 Å². The highest BCUT2D eigenvalue weighted by molar-refractivity contribution is 7.89. The van der Waals surface area contributed by atoms with E-state index in [9.17, 15) is 13.2 Å². The van der Waals surface area contributed by atoms with E-state index in [4.69, 9.17) is 4.74 Å². The number of carbonyl (C=O) groups is 1. The van der Waals surface area contributed by atoms with Crippen LogP contribution in [0.15, 0.2) is 71.8 Å². The number of nitrogens with zero attached hydrogens (tertiary/aromatic N) is 2. The number of pyridine rings is 1. The van der Waals surface area contributed by atoms with Crippen molar-refractivity contribution in [1.29, 1.82) is 0 Å². The van der Waals surface area contributed by atoms with Crippen LogP contribution in [-0.2, 0) is 26.2 Å². The molecule has 150 valence electrons. The molecular weight excluding hydrogens is 388 g/mol. The molecule has 1 unspecified atom stereocenters. The highest BCUT2D eigenvalue weighted by atomic mass is 32.2. The largest absolute Gasteiger partial charge is 0.460 e. The van der Waals surface area contributed by atoms with Crippen LogP contribution in [0.25, 0.3) is 10.9 Å². The van der Waals surface area contributed by atoms with Crippen molar-refractivity contribution in [2.75, 3.05) is 6.54 Å². The maximum atomic E-state index is 13.1. The summed E-state index contributed by atoms with van der Waals surface area (Å²) in [6, 6.07) is 16.9. The van der Waals surface area contributed by atoms with Crippen molar-refractivity contribution >= 4 is 26.9 Å². The Labute approximate surface area is 170 Å². The zero-order valence-electron chi connectivity index (χ0n) is 15.9. The van der Waals surface area contributed by atoms with Gasteiger partial charge in [0, 0.05) is 23.7 Å². The molecule has 2 heterocycles. The Hall–Kier alpha value is -2.77. The van der Waals surface area contributed by atoms with E-state index in [0.717, 1.165) is 29.3 Å². The van der Waals surface area contributed by atoms with Gasteiger partial charge in [0.2, 0.25) is 10.0 Å². The molecule has 0 saturated carbocycles. The summed E-state index contributed by atoms with van der Waals surface area (Å²) in [7, 11) is -3.75. The van der Waals surface area contributed by atoms with Crippen molar-refractivity contribution in [3.8, 4) is 0 Å². The molecule has 4 rings (SSSR count). The lowest BCUT2D eigenvalue weighted by molar-refractivity contribution is -0.150. The fraction of sp³-hybridized carbons (Fsp3) is 0.273. The molecule has 1 saturated heterocycles. The van der Waals surface area contributed by atoms with E-state index in [-0.39, 0.29) is 11.5 Å². The Morgan fingerprint density at radius 3 is 2.66 bits per heavy atom. The molecule has 2 aromatic carbocycles. The first-order valence-corrected chi connectivity index (χ1v) is 11.1. The molecule has 0 spiro atoms. The first kappa shape index (κ1) is 19.5. The summed E-state index contributed by atoms with van der Waals surface area (Å²) in [5.41, 5.74) is 1.57. The van der Waals surface area contributed by atoms with E-state index in [1.165, 1.54) is 4.31 Å². The summed E-state index contributed by atoms with van der Waals surface area (Å²) in [5, 5.41) is 0.965. The lowest BCUT2D eigenvalue weighted by atomic mass is 10.1. The molecule has 29 heavy (non-hydrogen) atoms. The van der Waals surface area contributed by atoms with Crippen molar-refractivity contribution in [1.82, 2.24) is 9.29 Å². The minimum atomic E-state index is -3.75. The average Bonchev–Trinajstić information content (AvgIpc) is 2.78. The van der Waals surface area contributed by atoms with Gasteiger partial charge in [0.05, 0.1) is 10.4 Å². The fourth-order valence-corrected chi connectivity index (χ4v) is 5.35. The molecule has 0 amide bonds. The molecule has 1 aliphatic rings. The maximum absolute atomic E-state index is 13.1. The van der Waals surface area contributed by atoms with Gasteiger partial charge in [-0.1, -0.05) is 42.5 Å². The van der Waals surface area contributed by atoms with Crippen LogP contribution in [0, 0.1) is 0 Å². The number of ether oxygens (including phenoxy) is 1. The van der Waals surface area contributed by atoms with E-state index in [0.29, 0.717) is 13.0 Å². The van der Waals surface area contributed by atoms with Crippen molar-refractivity contribution < 1.29 is 17.9 Å². The van der Waals surface area contributed by atoms with Gasteiger partial charge < -0.3 is 4.74 Å². The molecule has 0 N–H and O–H groups in total.